The molecule has 0 saturated heterocycles. The van der Waals surface area contributed by atoms with Crippen LogP contribution in [-0.2, 0) is 4.74 Å². The van der Waals surface area contributed by atoms with Crippen LogP contribution in [0.5, 0.6) is 0 Å². The van der Waals surface area contributed by atoms with Gasteiger partial charge in [0, 0.05) is 17.7 Å². The van der Waals surface area contributed by atoms with Gasteiger partial charge < -0.3 is 4.74 Å². The summed E-state index contributed by atoms with van der Waals surface area (Å²) < 4.78 is 5.00. The molecule has 1 rings (SSSR count). The van der Waals surface area contributed by atoms with Gasteiger partial charge in [-0.15, -0.1) is 11.3 Å². The van der Waals surface area contributed by atoms with Gasteiger partial charge in [-0.3, -0.25) is 4.99 Å². The number of hydrogen-bond acceptors (Lipinski definition) is 3. The Morgan fingerprint density at radius 2 is 2.23 bits per heavy atom. The van der Waals surface area contributed by atoms with Crippen LogP contribution >= 0.6 is 11.3 Å². The van der Waals surface area contributed by atoms with E-state index in [1.807, 2.05) is 6.92 Å². The van der Waals surface area contributed by atoms with Gasteiger partial charge in [-0.05, 0) is 31.7 Å². The second-order valence-electron chi connectivity index (χ2n) is 3.10. The van der Waals surface area contributed by atoms with Gasteiger partial charge >= 0.3 is 0 Å². The summed E-state index contributed by atoms with van der Waals surface area (Å²) in [4.78, 5) is 5.78. The lowest BCUT2D eigenvalue weighted by molar-refractivity contribution is 0.245. The maximum Gasteiger partial charge on any atom is 0.0842 e. The molecule has 0 bridgehead atoms. The number of methoxy groups -OCH3 is 1. The van der Waals surface area contributed by atoms with E-state index in [0.717, 1.165) is 11.4 Å². The van der Waals surface area contributed by atoms with Gasteiger partial charge in [0.15, 0.2) is 0 Å². The fourth-order valence-electron chi connectivity index (χ4n) is 1.16. The molecule has 0 N–H and O–H groups in total. The summed E-state index contributed by atoms with van der Waals surface area (Å²) in [7, 11) is 1.69. The minimum absolute atomic E-state index is 0.606. The van der Waals surface area contributed by atoms with Gasteiger partial charge in [-0.1, -0.05) is 0 Å². The van der Waals surface area contributed by atoms with E-state index in [1.165, 1.54) is 10.4 Å². The molecule has 0 aliphatic heterocycles. The molecule has 1 aromatic heterocycles. The molecular formula is C10H15NOS. The first-order valence-electron chi connectivity index (χ1n) is 4.23. The normalized spacial score (nSPS) is 12.2. The second kappa shape index (κ2) is 4.53. The van der Waals surface area contributed by atoms with Crippen molar-refractivity contribution in [2.75, 3.05) is 13.7 Å². The van der Waals surface area contributed by atoms with Crippen LogP contribution in [0, 0.1) is 13.8 Å². The van der Waals surface area contributed by atoms with E-state index >= 15 is 0 Å². The molecule has 1 heterocycles. The van der Waals surface area contributed by atoms with E-state index in [1.54, 1.807) is 18.4 Å². The number of ether oxygens (including phenoxy) is 1. The summed E-state index contributed by atoms with van der Waals surface area (Å²) in [6.07, 6.45) is 0. The molecule has 0 aliphatic carbocycles. The lowest BCUT2D eigenvalue weighted by Crippen LogP contribution is -2.00. The van der Waals surface area contributed by atoms with Crippen molar-refractivity contribution in [1.29, 1.82) is 0 Å². The highest BCUT2D eigenvalue weighted by Gasteiger charge is 2.03. The Morgan fingerprint density at radius 3 is 2.69 bits per heavy atom. The molecule has 2 nitrogen and oxygen atoms in total. The van der Waals surface area contributed by atoms with Crippen molar-refractivity contribution in [2.45, 2.75) is 20.8 Å². The SMILES string of the molecule is COCC(C)=Nc1c(C)csc1C. The van der Waals surface area contributed by atoms with Crippen LogP contribution in [0.4, 0.5) is 5.69 Å². The molecule has 0 aromatic carbocycles. The molecule has 13 heavy (non-hydrogen) atoms. The van der Waals surface area contributed by atoms with Crippen molar-refractivity contribution in [3.63, 3.8) is 0 Å². The lowest BCUT2D eigenvalue weighted by Gasteiger charge is -1.99. The first-order valence-corrected chi connectivity index (χ1v) is 5.11. The van der Waals surface area contributed by atoms with E-state index in [2.05, 4.69) is 24.2 Å². The topological polar surface area (TPSA) is 21.6 Å². The van der Waals surface area contributed by atoms with Crippen molar-refractivity contribution in [1.82, 2.24) is 0 Å². The van der Waals surface area contributed by atoms with Crippen LogP contribution in [0.3, 0.4) is 0 Å². The monoisotopic (exact) mass is 197 g/mol. The van der Waals surface area contributed by atoms with Crippen molar-refractivity contribution >= 4 is 22.7 Å². The maximum atomic E-state index is 5.00. The van der Waals surface area contributed by atoms with Crippen LogP contribution in [0.1, 0.15) is 17.4 Å². The molecule has 0 atom stereocenters. The third kappa shape index (κ3) is 2.64. The van der Waals surface area contributed by atoms with E-state index in [4.69, 9.17) is 4.74 Å². The average Bonchev–Trinajstić information content (AvgIpc) is 2.36. The quantitative estimate of drug-likeness (QED) is 0.682. The number of hydrogen-bond donors (Lipinski definition) is 0. The number of aliphatic imine (C=N–C) groups is 1. The molecular weight excluding hydrogens is 182 g/mol. The molecule has 72 valence electrons. The summed E-state index contributed by atoms with van der Waals surface area (Å²) in [5.74, 6) is 0. The highest BCUT2D eigenvalue weighted by molar-refractivity contribution is 7.10. The largest absolute Gasteiger partial charge is 0.379 e. The van der Waals surface area contributed by atoms with Gasteiger partial charge in [0.25, 0.3) is 0 Å². The molecule has 1 aromatic rings. The Labute approximate surface area is 83.3 Å². The summed E-state index contributed by atoms with van der Waals surface area (Å²) in [5, 5.41) is 2.13. The third-order valence-corrected chi connectivity index (χ3v) is 2.79. The summed E-state index contributed by atoms with van der Waals surface area (Å²) >= 11 is 1.74. The highest BCUT2D eigenvalue weighted by Crippen LogP contribution is 2.29. The lowest BCUT2D eigenvalue weighted by atomic mass is 10.3. The molecule has 0 fully saturated rings. The zero-order valence-corrected chi connectivity index (χ0v) is 9.36. The van der Waals surface area contributed by atoms with Crippen LogP contribution in [0.15, 0.2) is 10.4 Å². The molecule has 3 heteroatoms. The Hall–Kier alpha value is -0.670. The van der Waals surface area contributed by atoms with Gasteiger partial charge in [0.2, 0.25) is 0 Å². The summed E-state index contributed by atoms with van der Waals surface area (Å²) in [5.41, 5.74) is 3.38. The predicted octanol–water partition coefficient (Wildman–Crippen LogP) is 3.10. The third-order valence-electron chi connectivity index (χ3n) is 1.78. The van der Waals surface area contributed by atoms with Crippen LogP contribution in [-0.4, -0.2) is 19.4 Å². The van der Waals surface area contributed by atoms with E-state index in [-0.39, 0.29) is 0 Å². The highest BCUT2D eigenvalue weighted by atomic mass is 32.1. The standard InChI is InChI=1S/C10H15NOS/c1-7-6-13-9(3)10(7)11-8(2)5-12-4/h6H,5H2,1-4H3. The zero-order chi connectivity index (χ0) is 9.84. The van der Waals surface area contributed by atoms with Crippen LogP contribution < -0.4 is 0 Å². The molecule has 0 amide bonds. The van der Waals surface area contributed by atoms with Crippen molar-refractivity contribution in [3.8, 4) is 0 Å². The first-order chi connectivity index (χ1) is 6.15. The van der Waals surface area contributed by atoms with Gasteiger partial charge in [0.1, 0.15) is 0 Å². The molecule has 0 unspecified atom stereocenters. The van der Waals surface area contributed by atoms with E-state index < -0.39 is 0 Å². The summed E-state index contributed by atoms with van der Waals surface area (Å²) in [6, 6.07) is 0. The fourth-order valence-corrected chi connectivity index (χ4v) is 1.95. The maximum absolute atomic E-state index is 5.00. The smallest absolute Gasteiger partial charge is 0.0842 e. The van der Waals surface area contributed by atoms with Crippen molar-refractivity contribution in [2.24, 2.45) is 4.99 Å². The Morgan fingerprint density at radius 1 is 1.54 bits per heavy atom. The summed E-state index contributed by atoms with van der Waals surface area (Å²) in [6.45, 7) is 6.77. The molecule has 0 radical (unpaired) electrons. The number of nitrogens with zero attached hydrogens (tertiary/aromatic N) is 1. The van der Waals surface area contributed by atoms with E-state index in [9.17, 15) is 0 Å². The molecule has 0 aliphatic rings. The van der Waals surface area contributed by atoms with Crippen LogP contribution in [0.25, 0.3) is 0 Å². The van der Waals surface area contributed by atoms with Crippen molar-refractivity contribution in [3.05, 3.63) is 15.8 Å². The first kappa shape index (κ1) is 10.4. The van der Waals surface area contributed by atoms with E-state index in [0.29, 0.717) is 6.61 Å². The average molecular weight is 197 g/mol. The minimum Gasteiger partial charge on any atom is -0.379 e. The minimum atomic E-state index is 0.606. The number of rotatable bonds is 3. The van der Waals surface area contributed by atoms with Gasteiger partial charge in [-0.25, -0.2) is 0 Å². The van der Waals surface area contributed by atoms with Crippen molar-refractivity contribution < 1.29 is 4.74 Å². The van der Waals surface area contributed by atoms with Gasteiger partial charge in [0.05, 0.1) is 12.3 Å². The zero-order valence-electron chi connectivity index (χ0n) is 8.55. The fraction of sp³-hybridized carbons (Fsp3) is 0.500. The Kier molecular flexibility index (Phi) is 3.63. The number of aryl methyl sites for hydroxylation is 2. The number of thiophene rings is 1. The van der Waals surface area contributed by atoms with Gasteiger partial charge in [-0.2, -0.15) is 0 Å². The van der Waals surface area contributed by atoms with Crippen LogP contribution in [0.2, 0.25) is 0 Å². The Bertz CT molecular complexity index is 295. The second-order valence-corrected chi connectivity index (χ2v) is 4.19. The predicted molar refractivity (Wildman–Crippen MR) is 58.4 cm³/mol. The molecule has 0 spiro atoms. The molecule has 0 saturated carbocycles. The Balaban J connectivity index is 2.89.